The number of fused-ring (bicyclic) bond motifs is 1. The highest BCUT2D eigenvalue weighted by Gasteiger charge is 2.35. The number of pyridine rings is 1. The van der Waals surface area contributed by atoms with Gasteiger partial charge in [0.1, 0.15) is 0 Å². The molecule has 1 saturated heterocycles. The molecule has 2 atom stereocenters. The second kappa shape index (κ2) is 6.57. The van der Waals surface area contributed by atoms with Crippen LogP contribution in [0.1, 0.15) is 51.0 Å². The molecule has 1 N–H and O–H groups in total. The maximum absolute atomic E-state index is 4.34. The van der Waals surface area contributed by atoms with E-state index in [1.54, 1.807) is 0 Å². The zero-order valence-corrected chi connectivity index (χ0v) is 12.6. The molecule has 3 heteroatoms. The van der Waals surface area contributed by atoms with Gasteiger partial charge in [-0.2, -0.15) is 0 Å². The van der Waals surface area contributed by atoms with E-state index in [0.29, 0.717) is 0 Å². The van der Waals surface area contributed by atoms with E-state index in [0.717, 1.165) is 25.0 Å². The van der Waals surface area contributed by atoms with Crippen molar-refractivity contribution in [3.8, 4) is 0 Å². The second-order valence-corrected chi connectivity index (χ2v) is 6.28. The minimum Gasteiger partial charge on any atom is -0.368 e. The Balaban J connectivity index is 1.78. The number of rotatable bonds is 5. The number of aromatic nitrogens is 1. The lowest BCUT2D eigenvalue weighted by atomic mass is 9.91. The van der Waals surface area contributed by atoms with E-state index in [9.17, 15) is 0 Å². The number of hydrogen-bond acceptors (Lipinski definition) is 3. The lowest BCUT2D eigenvalue weighted by Crippen LogP contribution is -2.43. The topological polar surface area (TPSA) is 28.2 Å². The highest BCUT2D eigenvalue weighted by Crippen LogP contribution is 2.39. The smallest absolute Gasteiger partial charge is 0.0445 e. The van der Waals surface area contributed by atoms with Crippen LogP contribution in [0.15, 0.2) is 18.5 Å². The number of anilines is 1. The normalized spacial score (nSPS) is 25.8. The molecule has 1 aromatic rings. The Labute approximate surface area is 122 Å². The lowest BCUT2D eigenvalue weighted by Gasteiger charge is -2.40. The Bertz CT molecular complexity index is 432. The third-order valence-electron chi connectivity index (χ3n) is 4.92. The van der Waals surface area contributed by atoms with Gasteiger partial charge < -0.3 is 10.2 Å². The van der Waals surface area contributed by atoms with E-state index in [1.165, 1.54) is 56.3 Å². The third-order valence-corrected chi connectivity index (χ3v) is 4.92. The molecule has 1 aliphatic heterocycles. The van der Waals surface area contributed by atoms with Crippen molar-refractivity contribution >= 4 is 5.69 Å². The van der Waals surface area contributed by atoms with Gasteiger partial charge in [-0.15, -0.1) is 0 Å². The van der Waals surface area contributed by atoms with Crippen LogP contribution in [0.5, 0.6) is 0 Å². The quantitative estimate of drug-likeness (QED) is 0.834. The van der Waals surface area contributed by atoms with Crippen LogP contribution < -0.4 is 10.2 Å². The predicted octanol–water partition coefficient (Wildman–Crippen LogP) is 3.35. The fraction of sp³-hybridized carbons (Fsp3) is 0.706. The van der Waals surface area contributed by atoms with Gasteiger partial charge in [-0.3, -0.25) is 4.98 Å². The van der Waals surface area contributed by atoms with Crippen molar-refractivity contribution in [1.29, 1.82) is 0 Å². The SMILES string of the molecule is CCCNCc1cnccc1N1CCCC2CCCC21. The molecule has 1 aromatic heterocycles. The standard InChI is InChI=1S/C17H27N3/c1-2-9-18-12-15-13-19-10-8-17(15)20-11-4-6-14-5-3-7-16(14)20/h8,10,13-14,16,18H,2-7,9,11-12H2,1H3. The molecule has 0 spiro atoms. The molecule has 2 aliphatic rings. The van der Waals surface area contributed by atoms with Crippen LogP contribution in [-0.2, 0) is 6.54 Å². The Morgan fingerprint density at radius 1 is 1.30 bits per heavy atom. The molecule has 2 unspecified atom stereocenters. The minimum atomic E-state index is 0.788. The lowest BCUT2D eigenvalue weighted by molar-refractivity contribution is 0.361. The van der Waals surface area contributed by atoms with Gasteiger partial charge in [0.2, 0.25) is 0 Å². The maximum atomic E-state index is 4.34. The molecule has 110 valence electrons. The molecule has 2 heterocycles. The first-order valence-electron chi connectivity index (χ1n) is 8.30. The summed E-state index contributed by atoms with van der Waals surface area (Å²) in [6.07, 6.45) is 12.2. The van der Waals surface area contributed by atoms with E-state index in [-0.39, 0.29) is 0 Å². The summed E-state index contributed by atoms with van der Waals surface area (Å²) in [7, 11) is 0. The summed E-state index contributed by atoms with van der Waals surface area (Å²) < 4.78 is 0. The fourth-order valence-corrected chi connectivity index (χ4v) is 3.99. The van der Waals surface area contributed by atoms with Crippen LogP contribution >= 0.6 is 0 Å². The summed E-state index contributed by atoms with van der Waals surface area (Å²) in [6.45, 7) is 5.47. The first kappa shape index (κ1) is 13.9. The molecule has 20 heavy (non-hydrogen) atoms. The third kappa shape index (κ3) is 2.83. The zero-order chi connectivity index (χ0) is 13.8. The summed E-state index contributed by atoms with van der Waals surface area (Å²) >= 11 is 0. The number of hydrogen-bond donors (Lipinski definition) is 1. The van der Waals surface area contributed by atoms with E-state index >= 15 is 0 Å². The minimum absolute atomic E-state index is 0.788. The second-order valence-electron chi connectivity index (χ2n) is 6.28. The Kier molecular flexibility index (Phi) is 4.56. The van der Waals surface area contributed by atoms with E-state index in [4.69, 9.17) is 0 Å². The van der Waals surface area contributed by atoms with Crippen LogP contribution in [0.2, 0.25) is 0 Å². The Morgan fingerprint density at radius 2 is 2.20 bits per heavy atom. The van der Waals surface area contributed by atoms with Gasteiger partial charge in [0.25, 0.3) is 0 Å². The van der Waals surface area contributed by atoms with Gasteiger partial charge in [0.15, 0.2) is 0 Å². The first-order valence-corrected chi connectivity index (χ1v) is 8.30. The number of piperidine rings is 1. The largest absolute Gasteiger partial charge is 0.368 e. The molecule has 3 nitrogen and oxygen atoms in total. The monoisotopic (exact) mass is 273 g/mol. The summed E-state index contributed by atoms with van der Waals surface area (Å²) in [4.78, 5) is 7.02. The van der Waals surface area contributed by atoms with Crippen LogP contribution in [0.25, 0.3) is 0 Å². The number of nitrogens with zero attached hydrogens (tertiary/aromatic N) is 2. The van der Waals surface area contributed by atoms with Gasteiger partial charge in [-0.05, 0) is 50.6 Å². The van der Waals surface area contributed by atoms with Crippen molar-refractivity contribution in [1.82, 2.24) is 10.3 Å². The molecule has 1 aliphatic carbocycles. The van der Waals surface area contributed by atoms with Crippen molar-refractivity contribution < 1.29 is 0 Å². The van der Waals surface area contributed by atoms with Gasteiger partial charge in [0, 0.05) is 42.8 Å². The van der Waals surface area contributed by atoms with Crippen LogP contribution in [0, 0.1) is 5.92 Å². The first-order chi connectivity index (χ1) is 9.90. The van der Waals surface area contributed by atoms with Crippen LogP contribution in [-0.4, -0.2) is 24.1 Å². The highest BCUT2D eigenvalue weighted by atomic mass is 15.2. The maximum Gasteiger partial charge on any atom is 0.0445 e. The summed E-state index contributed by atoms with van der Waals surface area (Å²) in [5, 5.41) is 3.52. The van der Waals surface area contributed by atoms with E-state index in [1.807, 2.05) is 6.20 Å². The average molecular weight is 273 g/mol. The molecule has 0 radical (unpaired) electrons. The molecule has 0 aromatic carbocycles. The van der Waals surface area contributed by atoms with E-state index in [2.05, 4.69) is 34.4 Å². The van der Waals surface area contributed by atoms with Crippen LogP contribution in [0.4, 0.5) is 5.69 Å². The molecule has 1 saturated carbocycles. The molecule has 0 amide bonds. The van der Waals surface area contributed by atoms with Gasteiger partial charge in [-0.25, -0.2) is 0 Å². The van der Waals surface area contributed by atoms with E-state index < -0.39 is 0 Å². The molecular formula is C17H27N3. The van der Waals surface area contributed by atoms with Gasteiger partial charge >= 0.3 is 0 Å². The summed E-state index contributed by atoms with van der Waals surface area (Å²) in [6, 6.07) is 3.01. The average Bonchev–Trinajstić information content (AvgIpc) is 2.96. The zero-order valence-electron chi connectivity index (χ0n) is 12.6. The van der Waals surface area contributed by atoms with Gasteiger partial charge in [-0.1, -0.05) is 13.3 Å². The molecule has 2 fully saturated rings. The molecule has 0 bridgehead atoms. The van der Waals surface area contributed by atoms with Crippen molar-refractivity contribution in [2.45, 2.75) is 58.0 Å². The Morgan fingerprint density at radius 3 is 3.10 bits per heavy atom. The molecule has 3 rings (SSSR count). The van der Waals surface area contributed by atoms with Gasteiger partial charge in [0.05, 0.1) is 0 Å². The summed E-state index contributed by atoms with van der Waals surface area (Å²) in [5.74, 6) is 0.938. The Hall–Kier alpha value is -1.09. The fourth-order valence-electron chi connectivity index (χ4n) is 3.99. The van der Waals surface area contributed by atoms with Crippen LogP contribution in [0.3, 0.4) is 0 Å². The van der Waals surface area contributed by atoms with Crippen molar-refractivity contribution in [3.63, 3.8) is 0 Å². The van der Waals surface area contributed by atoms with Crippen molar-refractivity contribution in [3.05, 3.63) is 24.0 Å². The van der Waals surface area contributed by atoms with Crippen molar-refractivity contribution in [2.75, 3.05) is 18.0 Å². The highest BCUT2D eigenvalue weighted by molar-refractivity contribution is 5.53. The predicted molar refractivity (Wildman–Crippen MR) is 83.9 cm³/mol. The molecular weight excluding hydrogens is 246 g/mol. The van der Waals surface area contributed by atoms with Crippen molar-refractivity contribution in [2.24, 2.45) is 5.92 Å². The summed E-state index contributed by atoms with van der Waals surface area (Å²) in [5.41, 5.74) is 2.80. The number of nitrogens with one attached hydrogen (secondary N) is 1.